The lowest BCUT2D eigenvalue weighted by Crippen LogP contribution is -2.32. The molecule has 4 unspecified atom stereocenters. The first kappa shape index (κ1) is 15.5. The highest BCUT2D eigenvalue weighted by Crippen LogP contribution is 2.49. The second kappa shape index (κ2) is 6.82. The summed E-state index contributed by atoms with van der Waals surface area (Å²) >= 11 is 1.56. The second-order valence-corrected chi connectivity index (χ2v) is 7.53. The SMILES string of the molecule is COC(=O)CC(NC(=O)CC1CC2CCC1C2)c1cccs1. The fourth-order valence-corrected chi connectivity index (χ4v) is 4.86. The molecule has 0 spiro atoms. The lowest BCUT2D eigenvalue weighted by molar-refractivity contribution is -0.141. The first-order valence-corrected chi connectivity index (χ1v) is 8.93. The van der Waals surface area contributed by atoms with Gasteiger partial charge in [-0.2, -0.15) is 0 Å². The molecule has 4 nitrogen and oxygen atoms in total. The zero-order valence-corrected chi connectivity index (χ0v) is 13.7. The number of methoxy groups -OCH3 is 1. The van der Waals surface area contributed by atoms with Crippen molar-refractivity contribution in [1.29, 1.82) is 0 Å². The molecule has 1 aromatic heterocycles. The van der Waals surface area contributed by atoms with Gasteiger partial charge in [0.15, 0.2) is 0 Å². The minimum absolute atomic E-state index is 0.0693. The smallest absolute Gasteiger partial charge is 0.307 e. The van der Waals surface area contributed by atoms with Crippen molar-refractivity contribution in [2.24, 2.45) is 17.8 Å². The molecule has 4 atom stereocenters. The van der Waals surface area contributed by atoms with E-state index in [0.29, 0.717) is 12.3 Å². The molecule has 5 heteroatoms. The Morgan fingerprint density at radius 3 is 2.86 bits per heavy atom. The van der Waals surface area contributed by atoms with Crippen LogP contribution in [0.5, 0.6) is 0 Å². The third-order valence-corrected chi connectivity index (χ3v) is 6.14. The monoisotopic (exact) mass is 321 g/mol. The Balaban J connectivity index is 1.57. The van der Waals surface area contributed by atoms with Gasteiger partial charge in [-0.05, 0) is 48.5 Å². The van der Waals surface area contributed by atoms with Crippen LogP contribution in [0, 0.1) is 17.8 Å². The Bertz CT molecular complexity index is 528. The van der Waals surface area contributed by atoms with Gasteiger partial charge < -0.3 is 10.1 Å². The highest BCUT2D eigenvalue weighted by atomic mass is 32.1. The van der Waals surface area contributed by atoms with Gasteiger partial charge in [-0.3, -0.25) is 9.59 Å². The first-order valence-electron chi connectivity index (χ1n) is 8.05. The third kappa shape index (κ3) is 3.51. The summed E-state index contributed by atoms with van der Waals surface area (Å²) in [5, 5.41) is 5.00. The average molecular weight is 321 g/mol. The van der Waals surface area contributed by atoms with Crippen LogP contribution < -0.4 is 5.32 Å². The normalized spacial score (nSPS) is 27.6. The number of carbonyl (C=O) groups is 2. The van der Waals surface area contributed by atoms with Gasteiger partial charge in [0.25, 0.3) is 0 Å². The van der Waals surface area contributed by atoms with Gasteiger partial charge in [0.2, 0.25) is 5.91 Å². The van der Waals surface area contributed by atoms with E-state index in [9.17, 15) is 9.59 Å². The summed E-state index contributed by atoms with van der Waals surface area (Å²) in [6.45, 7) is 0. The van der Waals surface area contributed by atoms with Gasteiger partial charge in [-0.15, -0.1) is 11.3 Å². The van der Waals surface area contributed by atoms with Gasteiger partial charge in [-0.1, -0.05) is 12.5 Å². The molecule has 2 bridgehead atoms. The molecule has 2 aliphatic rings. The van der Waals surface area contributed by atoms with Gasteiger partial charge in [-0.25, -0.2) is 0 Å². The molecule has 0 aliphatic heterocycles. The number of nitrogens with one attached hydrogen (secondary N) is 1. The van der Waals surface area contributed by atoms with Crippen molar-refractivity contribution in [2.45, 2.75) is 44.6 Å². The van der Waals surface area contributed by atoms with E-state index in [1.807, 2.05) is 17.5 Å². The maximum absolute atomic E-state index is 12.4. The van der Waals surface area contributed by atoms with Crippen molar-refractivity contribution in [1.82, 2.24) is 5.32 Å². The van der Waals surface area contributed by atoms with Crippen LogP contribution in [0.3, 0.4) is 0 Å². The molecule has 2 aliphatic carbocycles. The summed E-state index contributed by atoms with van der Waals surface area (Å²) < 4.78 is 4.75. The Labute approximate surface area is 135 Å². The molecule has 1 heterocycles. The highest BCUT2D eigenvalue weighted by molar-refractivity contribution is 7.10. The van der Waals surface area contributed by atoms with Gasteiger partial charge in [0.1, 0.15) is 0 Å². The van der Waals surface area contributed by atoms with Crippen LogP contribution in [0.15, 0.2) is 17.5 Å². The van der Waals surface area contributed by atoms with Crippen molar-refractivity contribution >= 4 is 23.2 Å². The molecule has 1 aromatic rings. The molecule has 0 aromatic carbocycles. The summed E-state index contributed by atoms with van der Waals surface area (Å²) in [7, 11) is 1.38. The van der Waals surface area contributed by atoms with E-state index in [-0.39, 0.29) is 24.3 Å². The predicted octanol–water partition coefficient (Wildman–Crippen LogP) is 3.29. The van der Waals surface area contributed by atoms with Crippen molar-refractivity contribution < 1.29 is 14.3 Å². The molecule has 2 fully saturated rings. The van der Waals surface area contributed by atoms with Crippen LogP contribution in [-0.4, -0.2) is 19.0 Å². The van der Waals surface area contributed by atoms with Crippen molar-refractivity contribution in [3.05, 3.63) is 22.4 Å². The molecule has 0 radical (unpaired) electrons. The number of carbonyl (C=O) groups excluding carboxylic acids is 2. The molecule has 2 saturated carbocycles. The lowest BCUT2D eigenvalue weighted by atomic mass is 9.86. The van der Waals surface area contributed by atoms with Crippen LogP contribution in [0.25, 0.3) is 0 Å². The fourth-order valence-electron chi connectivity index (χ4n) is 4.08. The summed E-state index contributed by atoms with van der Waals surface area (Å²) in [4.78, 5) is 25.0. The minimum Gasteiger partial charge on any atom is -0.469 e. The summed E-state index contributed by atoms with van der Waals surface area (Å²) in [5.41, 5.74) is 0. The van der Waals surface area contributed by atoms with Crippen LogP contribution in [0.1, 0.15) is 49.4 Å². The van der Waals surface area contributed by atoms with Gasteiger partial charge in [0, 0.05) is 11.3 Å². The van der Waals surface area contributed by atoms with E-state index in [4.69, 9.17) is 4.74 Å². The molecule has 3 rings (SSSR count). The minimum atomic E-state index is -0.293. The summed E-state index contributed by atoms with van der Waals surface area (Å²) in [6, 6.07) is 3.63. The van der Waals surface area contributed by atoms with Crippen LogP contribution >= 0.6 is 11.3 Å². The topological polar surface area (TPSA) is 55.4 Å². The Hall–Kier alpha value is -1.36. The molecule has 1 N–H and O–H groups in total. The van der Waals surface area contributed by atoms with Crippen LogP contribution in [0.2, 0.25) is 0 Å². The maximum atomic E-state index is 12.4. The summed E-state index contributed by atoms with van der Waals surface area (Å²) in [6.07, 6.45) is 5.96. The number of rotatable bonds is 6. The van der Waals surface area contributed by atoms with Crippen molar-refractivity contribution in [3.8, 4) is 0 Å². The number of esters is 1. The van der Waals surface area contributed by atoms with E-state index in [1.54, 1.807) is 11.3 Å². The Morgan fingerprint density at radius 1 is 1.41 bits per heavy atom. The van der Waals surface area contributed by atoms with E-state index >= 15 is 0 Å². The molecular weight excluding hydrogens is 298 g/mol. The van der Waals surface area contributed by atoms with E-state index < -0.39 is 0 Å². The predicted molar refractivity (Wildman–Crippen MR) is 85.4 cm³/mol. The van der Waals surface area contributed by atoms with Gasteiger partial charge >= 0.3 is 5.97 Å². The molecule has 22 heavy (non-hydrogen) atoms. The average Bonchev–Trinajstić information content (AvgIpc) is 3.23. The highest BCUT2D eigenvalue weighted by Gasteiger charge is 2.40. The lowest BCUT2D eigenvalue weighted by Gasteiger charge is -2.23. The number of hydrogen-bond acceptors (Lipinski definition) is 4. The second-order valence-electron chi connectivity index (χ2n) is 6.55. The quantitative estimate of drug-likeness (QED) is 0.818. The Kier molecular flexibility index (Phi) is 4.81. The first-order chi connectivity index (χ1) is 10.7. The number of ether oxygens (including phenoxy) is 1. The largest absolute Gasteiger partial charge is 0.469 e. The molecule has 0 saturated heterocycles. The standard InChI is InChI=1S/C17H23NO3S/c1-21-17(20)10-14(15-3-2-6-22-15)18-16(19)9-13-8-11-4-5-12(13)7-11/h2-3,6,11-14H,4-5,7-10H2,1H3,(H,18,19). The number of amides is 1. The number of fused-ring (bicyclic) bond motifs is 2. The van der Waals surface area contributed by atoms with Crippen LogP contribution in [0.4, 0.5) is 0 Å². The number of hydrogen-bond donors (Lipinski definition) is 1. The zero-order valence-electron chi connectivity index (χ0n) is 12.9. The van der Waals surface area contributed by atoms with Gasteiger partial charge in [0.05, 0.1) is 19.6 Å². The molecule has 1 amide bonds. The van der Waals surface area contributed by atoms with Crippen molar-refractivity contribution in [2.75, 3.05) is 7.11 Å². The zero-order chi connectivity index (χ0) is 15.5. The fraction of sp³-hybridized carbons (Fsp3) is 0.647. The molecular formula is C17H23NO3S. The Morgan fingerprint density at radius 2 is 2.27 bits per heavy atom. The van der Waals surface area contributed by atoms with Crippen LogP contribution in [-0.2, 0) is 14.3 Å². The van der Waals surface area contributed by atoms with E-state index in [1.165, 1.54) is 32.8 Å². The molecule has 120 valence electrons. The third-order valence-electron chi connectivity index (χ3n) is 5.15. The summed E-state index contributed by atoms with van der Waals surface area (Å²) in [5.74, 6) is 1.92. The van der Waals surface area contributed by atoms with Crippen molar-refractivity contribution in [3.63, 3.8) is 0 Å². The van der Waals surface area contributed by atoms with E-state index in [2.05, 4.69) is 5.32 Å². The number of thiophene rings is 1. The maximum Gasteiger partial charge on any atom is 0.307 e. The van der Waals surface area contributed by atoms with E-state index in [0.717, 1.165) is 16.7 Å².